The van der Waals surface area contributed by atoms with Crippen molar-refractivity contribution in [1.82, 2.24) is 19.8 Å². The van der Waals surface area contributed by atoms with Crippen LogP contribution in [0, 0.1) is 5.92 Å². The Morgan fingerprint density at radius 2 is 1.94 bits per heavy atom. The summed E-state index contributed by atoms with van der Waals surface area (Å²) >= 11 is 5.74. The minimum absolute atomic E-state index is 0.0782. The Morgan fingerprint density at radius 1 is 1.16 bits per heavy atom. The van der Waals surface area contributed by atoms with E-state index in [1.54, 1.807) is 12.3 Å². The molecule has 1 fully saturated rings. The predicted octanol–water partition coefficient (Wildman–Crippen LogP) is 4.29. The molecule has 0 unspecified atom stereocenters. The van der Waals surface area contributed by atoms with Crippen molar-refractivity contribution in [2.75, 3.05) is 13.7 Å². The number of esters is 1. The Bertz CT molecular complexity index is 1080. The molecule has 1 aliphatic rings. The highest BCUT2D eigenvalue weighted by atomic mass is 32.1. The first-order valence-electron chi connectivity index (χ1n) is 10.3. The number of hydrogen-bond donors (Lipinski definition) is 1. The summed E-state index contributed by atoms with van der Waals surface area (Å²) in [5.74, 6) is 0.0612. The molecule has 0 saturated carbocycles. The molecule has 6 nitrogen and oxygen atoms in total. The summed E-state index contributed by atoms with van der Waals surface area (Å²) in [6.45, 7) is 5.17. The van der Waals surface area contributed by atoms with E-state index in [-0.39, 0.29) is 18.1 Å². The van der Waals surface area contributed by atoms with Crippen LogP contribution in [-0.2, 0) is 4.74 Å². The van der Waals surface area contributed by atoms with E-state index in [1.165, 1.54) is 7.11 Å². The van der Waals surface area contributed by atoms with Crippen LogP contribution in [-0.4, -0.2) is 39.2 Å². The van der Waals surface area contributed by atoms with Crippen molar-refractivity contribution < 1.29 is 9.53 Å². The number of carbonyl (C=O) groups excluding carboxylic acids is 1. The number of benzene rings is 1. The molecule has 2 aromatic heterocycles. The van der Waals surface area contributed by atoms with Gasteiger partial charge in [0, 0.05) is 24.6 Å². The van der Waals surface area contributed by atoms with Gasteiger partial charge in [0.05, 0.1) is 36.1 Å². The monoisotopic (exact) mass is 434 g/mol. The minimum Gasteiger partial charge on any atom is -0.465 e. The molecule has 1 N–H and O–H groups in total. The average Bonchev–Trinajstić information content (AvgIpc) is 3.38. The Hall–Kier alpha value is -3.19. The van der Waals surface area contributed by atoms with E-state index in [4.69, 9.17) is 17.0 Å². The molecule has 160 valence electrons. The fourth-order valence-electron chi connectivity index (χ4n) is 4.14. The number of para-hydroxylation sites is 1. The molecule has 1 saturated heterocycles. The molecule has 31 heavy (non-hydrogen) atoms. The van der Waals surface area contributed by atoms with Gasteiger partial charge in [-0.05, 0) is 54.5 Å². The van der Waals surface area contributed by atoms with Crippen molar-refractivity contribution in [3.8, 4) is 5.69 Å². The second-order valence-corrected chi connectivity index (χ2v) is 8.37. The number of aromatic nitrogens is 2. The van der Waals surface area contributed by atoms with E-state index in [0.29, 0.717) is 16.6 Å². The number of ether oxygens (including phenoxy) is 1. The SMILES string of the molecule is COC(=O)c1ccccc1-n1cccc1[C@@H]1[C@H](c2ccccn2)NC(=S)N1CC(C)C. The molecule has 1 aromatic carbocycles. The zero-order chi connectivity index (χ0) is 22.0. The van der Waals surface area contributed by atoms with Gasteiger partial charge in [-0.25, -0.2) is 4.79 Å². The van der Waals surface area contributed by atoms with Crippen molar-refractivity contribution in [1.29, 1.82) is 0 Å². The summed E-state index contributed by atoms with van der Waals surface area (Å²) in [7, 11) is 1.40. The number of pyridine rings is 1. The summed E-state index contributed by atoms with van der Waals surface area (Å²) < 4.78 is 7.07. The van der Waals surface area contributed by atoms with Crippen LogP contribution in [0.15, 0.2) is 67.0 Å². The Kier molecular flexibility index (Phi) is 6.04. The molecular formula is C24H26N4O2S. The zero-order valence-corrected chi connectivity index (χ0v) is 18.7. The van der Waals surface area contributed by atoms with Gasteiger partial charge in [0.2, 0.25) is 0 Å². The summed E-state index contributed by atoms with van der Waals surface area (Å²) in [5, 5.41) is 4.19. The van der Waals surface area contributed by atoms with Crippen molar-refractivity contribution in [2.24, 2.45) is 5.92 Å². The number of nitrogens with zero attached hydrogens (tertiary/aromatic N) is 3. The second-order valence-electron chi connectivity index (χ2n) is 7.98. The standard InChI is InChI=1S/C24H26N4O2S/c1-16(2)15-28-22(21(26-24(28)31)18-10-6-7-13-25-18)20-12-8-14-27(20)19-11-5-4-9-17(19)23(29)30-3/h4-14,16,21-22H,15H2,1-3H3,(H,26,31)/t21-,22+/m0/s1. The van der Waals surface area contributed by atoms with E-state index >= 15 is 0 Å². The molecule has 1 aliphatic heterocycles. The van der Waals surface area contributed by atoms with Gasteiger partial charge in [-0.1, -0.05) is 32.0 Å². The van der Waals surface area contributed by atoms with E-state index in [9.17, 15) is 4.79 Å². The Balaban J connectivity index is 1.85. The molecule has 4 rings (SSSR count). The van der Waals surface area contributed by atoms with Crippen molar-refractivity contribution in [3.05, 3.63) is 83.9 Å². The number of carbonyl (C=O) groups is 1. The highest BCUT2D eigenvalue weighted by Gasteiger charge is 2.41. The van der Waals surface area contributed by atoms with Crippen molar-refractivity contribution in [2.45, 2.75) is 25.9 Å². The molecule has 2 atom stereocenters. The van der Waals surface area contributed by atoms with Crippen LogP contribution in [0.25, 0.3) is 5.69 Å². The zero-order valence-electron chi connectivity index (χ0n) is 17.9. The lowest BCUT2D eigenvalue weighted by Crippen LogP contribution is -2.33. The van der Waals surface area contributed by atoms with Crippen LogP contribution in [0.3, 0.4) is 0 Å². The Morgan fingerprint density at radius 3 is 2.65 bits per heavy atom. The first-order valence-corrected chi connectivity index (χ1v) is 10.7. The number of methoxy groups -OCH3 is 1. The smallest absolute Gasteiger partial charge is 0.339 e. The molecule has 0 spiro atoms. The van der Waals surface area contributed by atoms with E-state index in [1.807, 2.05) is 48.7 Å². The topological polar surface area (TPSA) is 59.4 Å². The third-order valence-corrected chi connectivity index (χ3v) is 5.76. The lowest BCUT2D eigenvalue weighted by Gasteiger charge is -2.30. The molecule has 0 aliphatic carbocycles. The van der Waals surface area contributed by atoms with Gasteiger partial charge < -0.3 is 19.5 Å². The van der Waals surface area contributed by atoms with Crippen molar-refractivity contribution in [3.63, 3.8) is 0 Å². The fraction of sp³-hybridized carbons (Fsp3) is 0.292. The van der Waals surface area contributed by atoms with Gasteiger partial charge in [0.1, 0.15) is 0 Å². The number of thiocarbonyl (C=S) groups is 1. The summed E-state index contributed by atoms with van der Waals surface area (Å²) in [4.78, 5) is 19.2. The summed E-state index contributed by atoms with van der Waals surface area (Å²) in [6.07, 6.45) is 3.77. The first kappa shape index (κ1) is 21.1. The molecule has 3 heterocycles. The molecular weight excluding hydrogens is 408 g/mol. The predicted molar refractivity (Wildman–Crippen MR) is 124 cm³/mol. The number of hydrogen-bond acceptors (Lipinski definition) is 4. The molecule has 0 bridgehead atoms. The van der Waals surface area contributed by atoms with Crippen LogP contribution in [0.4, 0.5) is 0 Å². The number of rotatable bonds is 6. The second kappa shape index (κ2) is 8.89. The van der Waals surface area contributed by atoms with Gasteiger partial charge in [-0.3, -0.25) is 4.98 Å². The minimum atomic E-state index is -0.365. The van der Waals surface area contributed by atoms with Gasteiger partial charge in [0.25, 0.3) is 0 Å². The van der Waals surface area contributed by atoms with Crippen LogP contribution >= 0.6 is 12.2 Å². The Labute approximate surface area is 187 Å². The molecule has 0 radical (unpaired) electrons. The fourth-order valence-corrected chi connectivity index (χ4v) is 4.45. The third-order valence-electron chi connectivity index (χ3n) is 5.41. The van der Waals surface area contributed by atoms with E-state index in [0.717, 1.165) is 23.6 Å². The maximum Gasteiger partial charge on any atom is 0.339 e. The molecule has 7 heteroatoms. The highest BCUT2D eigenvalue weighted by Crippen LogP contribution is 2.40. The van der Waals surface area contributed by atoms with E-state index in [2.05, 4.69) is 39.7 Å². The van der Waals surface area contributed by atoms with E-state index < -0.39 is 0 Å². The van der Waals surface area contributed by atoms with Gasteiger partial charge >= 0.3 is 5.97 Å². The average molecular weight is 435 g/mol. The van der Waals surface area contributed by atoms with Crippen LogP contribution in [0.5, 0.6) is 0 Å². The van der Waals surface area contributed by atoms with Gasteiger partial charge in [-0.15, -0.1) is 0 Å². The largest absolute Gasteiger partial charge is 0.465 e. The quantitative estimate of drug-likeness (QED) is 0.461. The lowest BCUT2D eigenvalue weighted by molar-refractivity contribution is 0.0600. The van der Waals surface area contributed by atoms with Crippen molar-refractivity contribution >= 4 is 23.3 Å². The maximum atomic E-state index is 12.4. The van der Waals surface area contributed by atoms with Crippen LogP contribution in [0.1, 0.15) is 47.7 Å². The lowest BCUT2D eigenvalue weighted by atomic mass is 10.00. The first-order chi connectivity index (χ1) is 15.0. The highest BCUT2D eigenvalue weighted by molar-refractivity contribution is 7.80. The maximum absolute atomic E-state index is 12.4. The molecule has 0 amide bonds. The summed E-state index contributed by atoms with van der Waals surface area (Å²) in [6, 6.07) is 17.3. The summed E-state index contributed by atoms with van der Waals surface area (Å²) in [5.41, 5.74) is 3.24. The van der Waals surface area contributed by atoms with Gasteiger partial charge in [0.15, 0.2) is 5.11 Å². The number of nitrogens with one attached hydrogen (secondary N) is 1. The van der Waals surface area contributed by atoms with Crippen LogP contribution < -0.4 is 5.32 Å². The normalized spacial score (nSPS) is 18.3. The third kappa shape index (κ3) is 4.05. The molecule has 3 aromatic rings. The van der Waals surface area contributed by atoms with Crippen LogP contribution in [0.2, 0.25) is 0 Å². The van der Waals surface area contributed by atoms with Gasteiger partial charge in [-0.2, -0.15) is 0 Å².